The average molecular weight is 396 g/mol. The Kier molecular flexibility index (Phi) is 4.44. The lowest BCUT2D eigenvalue weighted by Gasteiger charge is -2.65. The molecule has 28 heavy (non-hydrogen) atoms. The molecule has 3 N–H and O–H groups in total. The summed E-state index contributed by atoms with van der Waals surface area (Å²) in [5, 5.41) is 32.1. The molecule has 158 valence electrons. The van der Waals surface area contributed by atoms with E-state index in [1.54, 1.807) is 13.8 Å². The van der Waals surface area contributed by atoms with Gasteiger partial charge in [0.05, 0.1) is 6.10 Å². The van der Waals surface area contributed by atoms with E-state index in [4.69, 9.17) is 0 Å². The van der Waals surface area contributed by atoms with Crippen molar-refractivity contribution in [3.8, 4) is 0 Å². The Balaban J connectivity index is 1.79. The molecule has 0 aromatic rings. The second kappa shape index (κ2) is 6.08. The molecule has 0 spiro atoms. The Morgan fingerprint density at radius 1 is 1.21 bits per heavy atom. The number of ketones is 2. The van der Waals surface area contributed by atoms with Crippen molar-refractivity contribution in [2.75, 3.05) is 6.61 Å². The third-order valence-electron chi connectivity index (χ3n) is 9.71. The smallest absolute Gasteiger partial charge is 0.190 e. The first kappa shape index (κ1) is 20.4. The first-order chi connectivity index (χ1) is 13.0. The van der Waals surface area contributed by atoms with E-state index in [2.05, 4.69) is 0 Å². The minimum Gasteiger partial charge on any atom is -0.390 e. The van der Waals surface area contributed by atoms with E-state index in [1.807, 2.05) is 6.92 Å². The quantitative estimate of drug-likeness (QED) is 0.665. The lowest BCUT2D eigenvalue weighted by atomic mass is 9.42. The number of carbonyl (C=O) groups excluding carboxylic acids is 2. The van der Waals surface area contributed by atoms with Crippen LogP contribution >= 0.6 is 0 Å². The molecule has 4 rings (SSSR count). The van der Waals surface area contributed by atoms with Gasteiger partial charge in [0.15, 0.2) is 5.78 Å². The maximum atomic E-state index is 17.0. The summed E-state index contributed by atoms with van der Waals surface area (Å²) in [6.45, 7) is 4.71. The topological polar surface area (TPSA) is 94.8 Å². The zero-order chi connectivity index (χ0) is 20.7. The van der Waals surface area contributed by atoms with Gasteiger partial charge in [0.25, 0.3) is 0 Å². The van der Waals surface area contributed by atoms with Crippen LogP contribution in [0.25, 0.3) is 0 Å². The van der Waals surface area contributed by atoms with Crippen LogP contribution in [0.3, 0.4) is 0 Å². The molecule has 0 amide bonds. The van der Waals surface area contributed by atoms with Crippen molar-refractivity contribution < 1.29 is 29.3 Å². The Bertz CT molecular complexity index is 711. The summed E-state index contributed by atoms with van der Waals surface area (Å²) in [6, 6.07) is 0. The number of hydrogen-bond acceptors (Lipinski definition) is 5. The Labute approximate surface area is 165 Å². The summed E-state index contributed by atoms with van der Waals surface area (Å²) in [5.74, 6) is -1.63. The van der Waals surface area contributed by atoms with Crippen molar-refractivity contribution in [1.29, 1.82) is 0 Å². The van der Waals surface area contributed by atoms with Crippen molar-refractivity contribution in [3.63, 3.8) is 0 Å². The fourth-order valence-corrected chi connectivity index (χ4v) is 8.10. The molecular weight excluding hydrogens is 363 g/mol. The molecule has 0 aromatic heterocycles. The van der Waals surface area contributed by atoms with Crippen molar-refractivity contribution >= 4 is 11.6 Å². The first-order valence-corrected chi connectivity index (χ1v) is 10.7. The van der Waals surface area contributed by atoms with Crippen molar-refractivity contribution in [2.45, 2.75) is 83.1 Å². The standard InChI is InChI=1S/C22H33FO5/c1-12-8-16-15-5-4-13-9-14(25)6-7-19(13,2)21(15,23)17(26)10-20(16,3)22(12,28)18(27)11-24/h12-13,15-17,24,26,28H,4-11H2,1-3H3/t12-,13?,15?,16?,17-,19-,20-,21+,22?/m0/s1. The number of rotatable bonds is 2. The molecule has 0 saturated heterocycles. The minimum absolute atomic E-state index is 0.00645. The highest BCUT2D eigenvalue weighted by atomic mass is 19.1. The Hall–Kier alpha value is -0.850. The van der Waals surface area contributed by atoms with Crippen LogP contribution in [0.1, 0.15) is 65.7 Å². The molecule has 9 atom stereocenters. The molecule has 0 bridgehead atoms. The van der Waals surface area contributed by atoms with Crippen molar-refractivity contribution in [2.24, 2.45) is 34.5 Å². The van der Waals surface area contributed by atoms with Gasteiger partial charge in [-0.3, -0.25) is 9.59 Å². The van der Waals surface area contributed by atoms with Crippen molar-refractivity contribution in [1.82, 2.24) is 0 Å². The van der Waals surface area contributed by atoms with Gasteiger partial charge in [-0.25, -0.2) is 4.39 Å². The van der Waals surface area contributed by atoms with Crippen LogP contribution in [-0.2, 0) is 9.59 Å². The van der Waals surface area contributed by atoms with Gasteiger partial charge in [-0.2, -0.15) is 0 Å². The summed E-state index contributed by atoms with van der Waals surface area (Å²) in [5.41, 5.74) is -5.32. The maximum absolute atomic E-state index is 17.0. The Morgan fingerprint density at radius 2 is 1.89 bits per heavy atom. The summed E-state index contributed by atoms with van der Waals surface area (Å²) >= 11 is 0. The third kappa shape index (κ3) is 2.12. The zero-order valence-electron chi connectivity index (χ0n) is 17.1. The van der Waals surface area contributed by atoms with Gasteiger partial charge in [-0.1, -0.05) is 20.8 Å². The van der Waals surface area contributed by atoms with E-state index >= 15 is 4.39 Å². The van der Waals surface area contributed by atoms with Gasteiger partial charge in [-0.15, -0.1) is 0 Å². The minimum atomic E-state index is -1.83. The van der Waals surface area contributed by atoms with Crippen LogP contribution in [0.4, 0.5) is 4.39 Å². The van der Waals surface area contributed by atoms with E-state index < -0.39 is 52.4 Å². The number of hydrogen-bond donors (Lipinski definition) is 3. The van der Waals surface area contributed by atoms with E-state index in [-0.39, 0.29) is 24.0 Å². The van der Waals surface area contributed by atoms with Gasteiger partial charge in [0.1, 0.15) is 23.7 Å². The molecule has 6 heteroatoms. The summed E-state index contributed by atoms with van der Waals surface area (Å²) in [7, 11) is 0. The molecule has 0 aliphatic heterocycles. The highest BCUT2D eigenvalue weighted by molar-refractivity contribution is 5.90. The normalized spacial score (nSPS) is 56.0. The van der Waals surface area contributed by atoms with E-state index in [9.17, 15) is 24.9 Å². The van der Waals surface area contributed by atoms with Crippen molar-refractivity contribution in [3.05, 3.63) is 0 Å². The second-order valence-corrected chi connectivity index (χ2v) is 10.5. The predicted molar refractivity (Wildman–Crippen MR) is 100 cm³/mol. The summed E-state index contributed by atoms with van der Waals surface area (Å²) in [4.78, 5) is 24.6. The molecule has 4 saturated carbocycles. The van der Waals surface area contributed by atoms with Gasteiger partial charge >= 0.3 is 0 Å². The van der Waals surface area contributed by atoms with Crippen LogP contribution in [0.5, 0.6) is 0 Å². The number of halogens is 1. The fraction of sp³-hybridized carbons (Fsp3) is 0.909. The molecule has 5 nitrogen and oxygen atoms in total. The number of Topliss-reactive ketones (excluding diaryl/α,β-unsaturated/α-hetero) is 2. The molecule has 0 radical (unpaired) electrons. The number of alkyl halides is 1. The summed E-state index contributed by atoms with van der Waals surface area (Å²) in [6.07, 6.45) is 1.66. The summed E-state index contributed by atoms with van der Waals surface area (Å²) < 4.78 is 17.0. The van der Waals surface area contributed by atoms with Crippen LogP contribution in [0, 0.1) is 34.5 Å². The van der Waals surface area contributed by atoms with Crippen LogP contribution in [-0.4, -0.2) is 50.9 Å². The van der Waals surface area contributed by atoms with E-state index in [0.717, 1.165) is 6.42 Å². The SMILES string of the molecule is C[C@H]1CC2C3CCC4CC(=O)CC[C@]4(C)[C@]3(F)[C@@H](O)C[C@]2(C)C1(O)C(=O)CO. The first-order valence-electron chi connectivity index (χ1n) is 10.7. The molecule has 0 heterocycles. The number of aliphatic hydroxyl groups excluding tert-OH is 2. The number of carbonyl (C=O) groups is 2. The fourth-order valence-electron chi connectivity index (χ4n) is 8.10. The monoisotopic (exact) mass is 396 g/mol. The molecule has 4 fully saturated rings. The second-order valence-electron chi connectivity index (χ2n) is 10.5. The average Bonchev–Trinajstić information content (AvgIpc) is 2.84. The van der Waals surface area contributed by atoms with Gasteiger partial charge < -0.3 is 15.3 Å². The molecule has 0 aromatic carbocycles. The van der Waals surface area contributed by atoms with Crippen LogP contribution in [0.15, 0.2) is 0 Å². The van der Waals surface area contributed by atoms with Crippen LogP contribution < -0.4 is 0 Å². The van der Waals surface area contributed by atoms with E-state index in [0.29, 0.717) is 32.1 Å². The molecule has 4 aliphatic carbocycles. The highest BCUT2D eigenvalue weighted by Gasteiger charge is 2.76. The third-order valence-corrected chi connectivity index (χ3v) is 9.71. The molecule has 4 aliphatic rings. The largest absolute Gasteiger partial charge is 0.390 e. The number of aliphatic hydroxyl groups is 3. The maximum Gasteiger partial charge on any atom is 0.190 e. The molecular formula is C22H33FO5. The van der Waals surface area contributed by atoms with Gasteiger partial charge in [0, 0.05) is 23.7 Å². The lowest BCUT2D eigenvalue weighted by Crippen LogP contribution is -2.71. The van der Waals surface area contributed by atoms with E-state index in [1.165, 1.54) is 0 Å². The zero-order valence-corrected chi connectivity index (χ0v) is 17.1. The number of fused-ring (bicyclic) bond motifs is 5. The van der Waals surface area contributed by atoms with Gasteiger partial charge in [-0.05, 0) is 55.8 Å². The highest BCUT2D eigenvalue weighted by Crippen LogP contribution is 2.71. The predicted octanol–water partition coefficient (Wildman–Crippen LogP) is 2.20. The van der Waals surface area contributed by atoms with Gasteiger partial charge in [0.2, 0.25) is 0 Å². The van der Waals surface area contributed by atoms with Crippen LogP contribution in [0.2, 0.25) is 0 Å². The molecule has 4 unspecified atom stereocenters. The Morgan fingerprint density at radius 3 is 2.54 bits per heavy atom. The lowest BCUT2D eigenvalue weighted by molar-refractivity contribution is -0.254.